The van der Waals surface area contributed by atoms with Gasteiger partial charge in [0, 0.05) is 17.7 Å². The van der Waals surface area contributed by atoms with Crippen molar-refractivity contribution in [3.63, 3.8) is 0 Å². The fourth-order valence-electron chi connectivity index (χ4n) is 2.34. The zero-order valence-electron chi connectivity index (χ0n) is 12.5. The molecule has 2 N–H and O–H groups in total. The number of hydrogen-bond donors (Lipinski definition) is 2. The van der Waals surface area contributed by atoms with Crippen LogP contribution in [0.5, 0.6) is 0 Å². The Morgan fingerprint density at radius 2 is 2.33 bits per heavy atom. The number of nitrogens with one attached hydrogen (secondary N) is 1. The van der Waals surface area contributed by atoms with E-state index in [1.807, 2.05) is 32.0 Å². The second-order valence-electron chi connectivity index (χ2n) is 5.37. The van der Waals surface area contributed by atoms with Gasteiger partial charge in [0.1, 0.15) is 0 Å². The smallest absolute Gasteiger partial charge is 0.229 e. The quantitative estimate of drug-likeness (QED) is 0.837. The Morgan fingerprint density at radius 3 is 2.95 bits per heavy atom. The van der Waals surface area contributed by atoms with Crippen molar-refractivity contribution in [2.75, 3.05) is 18.5 Å². The summed E-state index contributed by atoms with van der Waals surface area (Å²) in [5, 5.41) is 11.7. The van der Waals surface area contributed by atoms with Crippen molar-refractivity contribution in [1.82, 2.24) is 0 Å². The van der Waals surface area contributed by atoms with Crippen molar-refractivity contribution in [2.45, 2.75) is 32.8 Å². The molecular formula is C17H21NO3. The number of aryl methyl sites for hydroxylation is 1. The van der Waals surface area contributed by atoms with Crippen LogP contribution < -0.4 is 5.32 Å². The molecule has 1 aromatic rings. The molecule has 1 amide bonds. The molecule has 1 fully saturated rings. The minimum Gasteiger partial charge on any atom is -0.395 e. The van der Waals surface area contributed by atoms with E-state index in [-0.39, 0.29) is 24.5 Å². The number of hydrogen-bond acceptors (Lipinski definition) is 3. The molecule has 0 radical (unpaired) electrons. The standard InChI is InChI=1S/C17H21NO3/c1-12-9-16(7-6-14(12)5-3-4-8-19)18-17(20)15-10-13(2)21-11-15/h6-7,9,13,15,19H,4,8,10-11H2,1-2H3,(H,18,20). The normalized spacial score (nSPS) is 20.7. The highest BCUT2D eigenvalue weighted by Crippen LogP contribution is 2.21. The first kappa shape index (κ1) is 15.6. The molecule has 1 heterocycles. The second kappa shape index (κ2) is 7.26. The minimum atomic E-state index is -0.0654. The summed E-state index contributed by atoms with van der Waals surface area (Å²) in [6.07, 6.45) is 1.40. The van der Waals surface area contributed by atoms with E-state index in [9.17, 15) is 4.79 Å². The van der Waals surface area contributed by atoms with Gasteiger partial charge in [-0.05, 0) is 44.0 Å². The van der Waals surface area contributed by atoms with Gasteiger partial charge in [-0.2, -0.15) is 0 Å². The number of aliphatic hydroxyl groups is 1. The molecule has 2 unspecified atom stereocenters. The predicted molar refractivity (Wildman–Crippen MR) is 81.9 cm³/mol. The molecule has 4 heteroatoms. The van der Waals surface area contributed by atoms with E-state index in [2.05, 4.69) is 17.2 Å². The Morgan fingerprint density at radius 1 is 1.52 bits per heavy atom. The van der Waals surface area contributed by atoms with Crippen molar-refractivity contribution >= 4 is 11.6 Å². The molecule has 112 valence electrons. The fourth-order valence-corrected chi connectivity index (χ4v) is 2.34. The summed E-state index contributed by atoms with van der Waals surface area (Å²) in [5.74, 6) is 5.86. The Hall–Kier alpha value is -1.83. The van der Waals surface area contributed by atoms with Gasteiger partial charge in [-0.25, -0.2) is 0 Å². The number of ether oxygens (including phenoxy) is 1. The molecule has 1 aliphatic heterocycles. The van der Waals surface area contributed by atoms with Crippen molar-refractivity contribution in [1.29, 1.82) is 0 Å². The highest BCUT2D eigenvalue weighted by molar-refractivity contribution is 5.93. The Balaban J connectivity index is 2.00. The van der Waals surface area contributed by atoms with Gasteiger partial charge in [-0.3, -0.25) is 4.79 Å². The lowest BCUT2D eigenvalue weighted by molar-refractivity contribution is -0.119. The molecule has 1 aromatic carbocycles. The number of aliphatic hydroxyl groups excluding tert-OH is 1. The number of carbonyl (C=O) groups excluding carboxylic acids is 1. The summed E-state index contributed by atoms with van der Waals surface area (Å²) in [7, 11) is 0. The molecule has 2 rings (SSSR count). The fraction of sp³-hybridized carbons (Fsp3) is 0.471. The molecule has 2 atom stereocenters. The highest BCUT2D eigenvalue weighted by atomic mass is 16.5. The van der Waals surface area contributed by atoms with Gasteiger partial charge in [-0.15, -0.1) is 0 Å². The second-order valence-corrected chi connectivity index (χ2v) is 5.37. The van der Waals surface area contributed by atoms with Crippen molar-refractivity contribution in [3.05, 3.63) is 29.3 Å². The number of rotatable bonds is 3. The maximum absolute atomic E-state index is 12.1. The molecule has 0 aliphatic carbocycles. The summed E-state index contributed by atoms with van der Waals surface area (Å²) >= 11 is 0. The predicted octanol–water partition coefficient (Wildman–Crippen LogP) is 2.09. The monoisotopic (exact) mass is 287 g/mol. The van der Waals surface area contributed by atoms with E-state index in [1.54, 1.807) is 0 Å². The maximum Gasteiger partial charge on any atom is 0.229 e. The highest BCUT2D eigenvalue weighted by Gasteiger charge is 2.28. The van der Waals surface area contributed by atoms with Crippen molar-refractivity contribution in [3.8, 4) is 11.8 Å². The van der Waals surface area contributed by atoms with Crippen LogP contribution in [-0.2, 0) is 9.53 Å². The lowest BCUT2D eigenvalue weighted by Gasteiger charge is -2.10. The Labute approximate surface area is 125 Å². The number of anilines is 1. The molecule has 0 spiro atoms. The molecular weight excluding hydrogens is 266 g/mol. The zero-order chi connectivity index (χ0) is 15.2. The van der Waals surface area contributed by atoms with Crippen LogP contribution >= 0.6 is 0 Å². The molecule has 0 aromatic heterocycles. The first-order chi connectivity index (χ1) is 10.1. The summed E-state index contributed by atoms with van der Waals surface area (Å²) in [4.78, 5) is 12.1. The van der Waals surface area contributed by atoms with E-state index in [0.29, 0.717) is 13.0 Å². The minimum absolute atomic E-state index is 0.0119. The number of amides is 1. The van der Waals surface area contributed by atoms with Gasteiger partial charge < -0.3 is 15.2 Å². The van der Waals surface area contributed by atoms with Gasteiger partial charge in [0.15, 0.2) is 0 Å². The van der Waals surface area contributed by atoms with Gasteiger partial charge >= 0.3 is 0 Å². The van der Waals surface area contributed by atoms with Crippen LogP contribution in [0.2, 0.25) is 0 Å². The molecule has 0 bridgehead atoms. The first-order valence-electron chi connectivity index (χ1n) is 7.23. The van der Waals surface area contributed by atoms with Crippen LogP contribution in [-0.4, -0.2) is 30.3 Å². The van der Waals surface area contributed by atoms with E-state index in [4.69, 9.17) is 9.84 Å². The van der Waals surface area contributed by atoms with E-state index in [1.165, 1.54) is 0 Å². The third kappa shape index (κ3) is 4.32. The van der Waals surface area contributed by atoms with Crippen LogP contribution in [0.25, 0.3) is 0 Å². The summed E-state index contributed by atoms with van der Waals surface area (Å²) in [5.41, 5.74) is 2.71. The van der Waals surface area contributed by atoms with Crippen molar-refractivity contribution in [2.24, 2.45) is 5.92 Å². The third-order valence-electron chi connectivity index (χ3n) is 3.52. The van der Waals surface area contributed by atoms with Gasteiger partial charge in [0.25, 0.3) is 0 Å². The lowest BCUT2D eigenvalue weighted by Crippen LogP contribution is -2.23. The van der Waals surface area contributed by atoms with Crippen LogP contribution in [0.15, 0.2) is 18.2 Å². The molecule has 0 saturated carbocycles. The SMILES string of the molecule is Cc1cc(NC(=O)C2COC(C)C2)ccc1C#CCCO. The molecule has 1 aliphatic rings. The Kier molecular flexibility index (Phi) is 5.38. The molecule has 1 saturated heterocycles. The Bertz CT molecular complexity index is 571. The number of carbonyl (C=O) groups is 1. The maximum atomic E-state index is 12.1. The summed E-state index contributed by atoms with van der Waals surface area (Å²) < 4.78 is 5.42. The van der Waals surface area contributed by atoms with E-state index in [0.717, 1.165) is 23.2 Å². The topological polar surface area (TPSA) is 58.6 Å². The first-order valence-corrected chi connectivity index (χ1v) is 7.23. The van der Waals surface area contributed by atoms with Gasteiger partial charge in [0.2, 0.25) is 5.91 Å². The van der Waals surface area contributed by atoms with E-state index < -0.39 is 0 Å². The number of benzene rings is 1. The van der Waals surface area contributed by atoms with Crippen LogP contribution in [0.4, 0.5) is 5.69 Å². The van der Waals surface area contributed by atoms with Crippen LogP contribution in [0, 0.1) is 24.7 Å². The van der Waals surface area contributed by atoms with Crippen LogP contribution in [0.3, 0.4) is 0 Å². The summed E-state index contributed by atoms with van der Waals surface area (Å²) in [6.45, 7) is 4.51. The zero-order valence-corrected chi connectivity index (χ0v) is 12.5. The summed E-state index contributed by atoms with van der Waals surface area (Å²) in [6, 6.07) is 5.66. The third-order valence-corrected chi connectivity index (χ3v) is 3.52. The van der Waals surface area contributed by atoms with Gasteiger partial charge in [-0.1, -0.05) is 11.8 Å². The van der Waals surface area contributed by atoms with E-state index >= 15 is 0 Å². The lowest BCUT2D eigenvalue weighted by atomic mass is 10.0. The average molecular weight is 287 g/mol. The van der Waals surface area contributed by atoms with Gasteiger partial charge in [0.05, 0.1) is 25.2 Å². The largest absolute Gasteiger partial charge is 0.395 e. The van der Waals surface area contributed by atoms with Crippen molar-refractivity contribution < 1.29 is 14.6 Å². The molecule has 21 heavy (non-hydrogen) atoms. The van der Waals surface area contributed by atoms with Crippen LogP contribution in [0.1, 0.15) is 30.9 Å². The molecule has 4 nitrogen and oxygen atoms in total. The average Bonchev–Trinajstić information content (AvgIpc) is 2.88.